The molecule has 0 saturated carbocycles. The molecule has 1 unspecified atom stereocenters. The van der Waals surface area contributed by atoms with Gasteiger partial charge >= 0.3 is 0 Å². The van der Waals surface area contributed by atoms with Gasteiger partial charge in [0.15, 0.2) is 0 Å². The van der Waals surface area contributed by atoms with Crippen LogP contribution in [0.1, 0.15) is 25.0 Å². The van der Waals surface area contributed by atoms with Crippen molar-refractivity contribution in [2.45, 2.75) is 19.4 Å². The number of methoxy groups -OCH3 is 1. The van der Waals surface area contributed by atoms with Crippen molar-refractivity contribution in [3.05, 3.63) is 29.8 Å². The standard InChI is InChI=1S/C14H21BrO3/c1-3-7-17-8-9-18-14(11-15)12-5-4-6-13(10-12)16-2/h4-6,10,14H,3,7-9,11H2,1-2H3. The van der Waals surface area contributed by atoms with Crippen LogP contribution in [0.15, 0.2) is 24.3 Å². The van der Waals surface area contributed by atoms with Gasteiger partial charge in [0.25, 0.3) is 0 Å². The third-order valence-electron chi connectivity index (χ3n) is 2.50. The maximum Gasteiger partial charge on any atom is 0.119 e. The van der Waals surface area contributed by atoms with E-state index in [2.05, 4.69) is 22.9 Å². The van der Waals surface area contributed by atoms with Crippen LogP contribution in [0.5, 0.6) is 5.75 Å². The fraction of sp³-hybridized carbons (Fsp3) is 0.571. The van der Waals surface area contributed by atoms with Gasteiger partial charge in [-0.1, -0.05) is 35.0 Å². The molecule has 0 aliphatic heterocycles. The molecule has 0 fully saturated rings. The van der Waals surface area contributed by atoms with E-state index in [4.69, 9.17) is 14.2 Å². The third kappa shape index (κ3) is 5.38. The Morgan fingerprint density at radius 3 is 2.72 bits per heavy atom. The number of benzene rings is 1. The predicted molar refractivity (Wildman–Crippen MR) is 76.6 cm³/mol. The Bertz CT molecular complexity index is 331. The Morgan fingerprint density at radius 1 is 1.22 bits per heavy atom. The van der Waals surface area contributed by atoms with Gasteiger partial charge in [-0.15, -0.1) is 0 Å². The first-order valence-corrected chi connectivity index (χ1v) is 7.33. The summed E-state index contributed by atoms with van der Waals surface area (Å²) >= 11 is 3.48. The lowest BCUT2D eigenvalue weighted by Crippen LogP contribution is -2.11. The molecule has 18 heavy (non-hydrogen) atoms. The van der Waals surface area contributed by atoms with Crippen molar-refractivity contribution in [3.8, 4) is 5.75 Å². The second-order valence-electron chi connectivity index (χ2n) is 3.90. The molecule has 0 heterocycles. The zero-order valence-corrected chi connectivity index (χ0v) is 12.6. The van der Waals surface area contributed by atoms with E-state index >= 15 is 0 Å². The molecular weight excluding hydrogens is 296 g/mol. The summed E-state index contributed by atoms with van der Waals surface area (Å²) in [4.78, 5) is 0. The van der Waals surface area contributed by atoms with Crippen molar-refractivity contribution in [2.24, 2.45) is 0 Å². The molecule has 102 valence electrons. The number of hydrogen-bond acceptors (Lipinski definition) is 3. The summed E-state index contributed by atoms with van der Waals surface area (Å²) in [6, 6.07) is 7.94. The summed E-state index contributed by atoms with van der Waals surface area (Å²) in [5.74, 6) is 0.851. The summed E-state index contributed by atoms with van der Waals surface area (Å²) in [6.45, 7) is 4.13. The fourth-order valence-corrected chi connectivity index (χ4v) is 2.13. The molecule has 0 aliphatic rings. The number of halogens is 1. The summed E-state index contributed by atoms with van der Waals surface area (Å²) in [6.07, 6.45) is 1.07. The summed E-state index contributed by atoms with van der Waals surface area (Å²) < 4.78 is 16.4. The molecule has 0 aliphatic carbocycles. The molecule has 0 saturated heterocycles. The predicted octanol–water partition coefficient (Wildman–Crippen LogP) is 3.57. The first-order chi connectivity index (χ1) is 8.81. The normalized spacial score (nSPS) is 12.4. The van der Waals surface area contributed by atoms with E-state index in [1.165, 1.54) is 0 Å². The van der Waals surface area contributed by atoms with Gasteiger partial charge in [-0.2, -0.15) is 0 Å². The highest BCUT2D eigenvalue weighted by atomic mass is 79.9. The fourth-order valence-electron chi connectivity index (χ4n) is 1.57. The van der Waals surface area contributed by atoms with Crippen molar-refractivity contribution in [1.29, 1.82) is 0 Å². The summed E-state index contributed by atoms with van der Waals surface area (Å²) in [5, 5.41) is 0.758. The largest absolute Gasteiger partial charge is 0.497 e. The van der Waals surface area contributed by atoms with Crippen LogP contribution in [0.3, 0.4) is 0 Å². The van der Waals surface area contributed by atoms with E-state index in [0.29, 0.717) is 13.2 Å². The molecule has 0 aromatic heterocycles. The molecule has 0 amide bonds. The van der Waals surface area contributed by atoms with Gasteiger partial charge in [-0.25, -0.2) is 0 Å². The highest BCUT2D eigenvalue weighted by Crippen LogP contribution is 2.23. The minimum atomic E-state index is 0.0327. The van der Waals surface area contributed by atoms with Crippen LogP contribution >= 0.6 is 15.9 Å². The molecule has 0 spiro atoms. The second kappa shape index (κ2) is 9.36. The smallest absolute Gasteiger partial charge is 0.119 e. The zero-order chi connectivity index (χ0) is 13.2. The first kappa shape index (κ1) is 15.5. The lowest BCUT2D eigenvalue weighted by molar-refractivity contribution is 0.0140. The molecule has 0 bridgehead atoms. The molecule has 4 heteroatoms. The lowest BCUT2D eigenvalue weighted by Gasteiger charge is -2.16. The van der Waals surface area contributed by atoms with Crippen LogP contribution in [0.4, 0.5) is 0 Å². The van der Waals surface area contributed by atoms with Crippen LogP contribution < -0.4 is 4.74 Å². The second-order valence-corrected chi connectivity index (χ2v) is 4.55. The SMILES string of the molecule is CCCOCCOC(CBr)c1cccc(OC)c1. The van der Waals surface area contributed by atoms with E-state index in [1.807, 2.05) is 24.3 Å². The van der Waals surface area contributed by atoms with Gasteiger partial charge in [-0.3, -0.25) is 0 Å². The quantitative estimate of drug-likeness (QED) is 0.515. The van der Waals surface area contributed by atoms with E-state index in [1.54, 1.807) is 7.11 Å². The third-order valence-corrected chi connectivity index (χ3v) is 3.09. The number of alkyl halides is 1. The van der Waals surface area contributed by atoms with Crippen LogP contribution in [-0.2, 0) is 9.47 Å². The molecule has 1 aromatic carbocycles. The highest BCUT2D eigenvalue weighted by Gasteiger charge is 2.11. The van der Waals surface area contributed by atoms with Gasteiger partial charge in [0.1, 0.15) is 5.75 Å². The number of ether oxygens (including phenoxy) is 3. The van der Waals surface area contributed by atoms with Crippen molar-refractivity contribution in [2.75, 3.05) is 32.3 Å². The van der Waals surface area contributed by atoms with Crippen molar-refractivity contribution < 1.29 is 14.2 Å². The molecule has 3 nitrogen and oxygen atoms in total. The first-order valence-electron chi connectivity index (χ1n) is 6.21. The Morgan fingerprint density at radius 2 is 2.06 bits per heavy atom. The lowest BCUT2D eigenvalue weighted by atomic mass is 10.1. The van der Waals surface area contributed by atoms with Gasteiger partial charge in [-0.05, 0) is 24.1 Å². The van der Waals surface area contributed by atoms with E-state index < -0.39 is 0 Å². The highest BCUT2D eigenvalue weighted by molar-refractivity contribution is 9.09. The maximum absolute atomic E-state index is 5.80. The molecule has 1 rings (SSSR count). The average Bonchev–Trinajstić information content (AvgIpc) is 2.43. The van der Waals surface area contributed by atoms with Crippen LogP contribution in [-0.4, -0.2) is 32.3 Å². The van der Waals surface area contributed by atoms with Crippen LogP contribution in [0, 0.1) is 0 Å². The minimum absolute atomic E-state index is 0.0327. The zero-order valence-electron chi connectivity index (χ0n) is 11.0. The molecular formula is C14H21BrO3. The Labute approximate surface area is 118 Å². The van der Waals surface area contributed by atoms with Crippen LogP contribution in [0.2, 0.25) is 0 Å². The molecule has 0 radical (unpaired) electrons. The number of rotatable bonds is 9. The monoisotopic (exact) mass is 316 g/mol. The minimum Gasteiger partial charge on any atom is -0.497 e. The Kier molecular flexibility index (Phi) is 8.05. The van der Waals surface area contributed by atoms with Gasteiger partial charge < -0.3 is 14.2 Å². The number of hydrogen-bond donors (Lipinski definition) is 0. The van der Waals surface area contributed by atoms with Crippen molar-refractivity contribution >= 4 is 15.9 Å². The maximum atomic E-state index is 5.80. The Balaban J connectivity index is 2.44. The topological polar surface area (TPSA) is 27.7 Å². The molecule has 1 aromatic rings. The van der Waals surface area contributed by atoms with Gasteiger partial charge in [0.05, 0.1) is 26.4 Å². The summed E-state index contributed by atoms with van der Waals surface area (Å²) in [7, 11) is 1.67. The van der Waals surface area contributed by atoms with Crippen LogP contribution in [0.25, 0.3) is 0 Å². The van der Waals surface area contributed by atoms with Gasteiger partial charge in [0, 0.05) is 11.9 Å². The van der Waals surface area contributed by atoms with Crippen molar-refractivity contribution in [1.82, 2.24) is 0 Å². The van der Waals surface area contributed by atoms with Gasteiger partial charge in [0.2, 0.25) is 0 Å². The molecule has 0 N–H and O–H groups in total. The van der Waals surface area contributed by atoms with Crippen molar-refractivity contribution in [3.63, 3.8) is 0 Å². The Hall–Kier alpha value is -0.580. The summed E-state index contributed by atoms with van der Waals surface area (Å²) in [5.41, 5.74) is 1.11. The van der Waals surface area contributed by atoms with E-state index in [9.17, 15) is 0 Å². The molecule has 1 atom stereocenters. The van der Waals surface area contributed by atoms with E-state index in [0.717, 1.165) is 29.7 Å². The van der Waals surface area contributed by atoms with E-state index in [-0.39, 0.29) is 6.10 Å². The average molecular weight is 317 g/mol.